The van der Waals surface area contributed by atoms with Crippen LogP contribution in [-0.4, -0.2) is 106 Å². The van der Waals surface area contributed by atoms with Gasteiger partial charge in [-0.1, -0.05) is 52.7 Å². The molecule has 16 nitrogen and oxygen atoms in total. The van der Waals surface area contributed by atoms with Crippen LogP contribution >= 0.6 is 0 Å². The number of hydrogen-bond acceptors (Lipinski definition) is 10. The molecule has 4 saturated heterocycles. The normalized spacial score (nSPS) is 24.1. The number of nitrogens with zero attached hydrogens (tertiary/aromatic N) is 6. The Morgan fingerprint density at radius 2 is 1.06 bits per heavy atom. The Kier molecular flexibility index (Phi) is 13.8. The van der Waals surface area contributed by atoms with Crippen molar-refractivity contribution in [3.05, 3.63) is 82.9 Å². The summed E-state index contributed by atoms with van der Waals surface area (Å²) >= 11 is 0. The number of alkyl carbamates (subject to hydrolysis) is 2. The highest BCUT2D eigenvalue weighted by Crippen LogP contribution is 2.50. The monoisotopic (exact) mass is 991 g/mol. The first-order valence-corrected chi connectivity index (χ1v) is 26.0. The summed E-state index contributed by atoms with van der Waals surface area (Å²) in [6, 6.07) is 12.5. The molecule has 72 heavy (non-hydrogen) atoms. The number of likely N-dealkylation sites (tertiary alicyclic amines) is 2. The highest BCUT2D eigenvalue weighted by atomic mass is 19.1. The molecule has 10 rings (SSSR count). The quantitative estimate of drug-likeness (QED) is 0.0940. The number of hydrogen-bond donors (Lipinski definition) is 4. The fourth-order valence-electron chi connectivity index (χ4n) is 12.6. The Bertz CT molecular complexity index is 2670. The zero-order valence-electron chi connectivity index (χ0n) is 42.2. The average molecular weight is 991 g/mol. The molecule has 4 N–H and O–H groups in total. The summed E-state index contributed by atoms with van der Waals surface area (Å²) in [5.74, 6) is 0.371. The Morgan fingerprint density at radius 3 is 1.47 bits per heavy atom. The molecular weight excluding hydrogens is 923 g/mol. The minimum Gasteiger partial charge on any atom is -0.453 e. The zero-order valence-corrected chi connectivity index (χ0v) is 42.2. The molecule has 5 aliphatic rings. The second kappa shape index (κ2) is 20.2. The van der Waals surface area contributed by atoms with Crippen molar-refractivity contribution >= 4 is 57.4 Å². The molecule has 5 aromatic rings. The van der Waals surface area contributed by atoms with Crippen LogP contribution in [0.5, 0.6) is 0 Å². The molecule has 4 aliphatic heterocycles. The lowest BCUT2D eigenvalue weighted by atomic mass is 9.82. The topological polar surface area (TPSA) is 181 Å². The van der Waals surface area contributed by atoms with Crippen molar-refractivity contribution < 1.29 is 37.4 Å². The maximum absolute atomic E-state index is 16.8. The van der Waals surface area contributed by atoms with Crippen LogP contribution in [0.25, 0.3) is 22.1 Å². The first-order chi connectivity index (χ1) is 34.7. The van der Waals surface area contributed by atoms with E-state index in [9.17, 15) is 19.2 Å². The number of methoxy groups -OCH3 is 2. The number of imidazole rings is 2. The Morgan fingerprint density at radius 1 is 0.611 bits per heavy atom. The molecule has 1 aliphatic carbocycles. The number of amides is 4. The summed E-state index contributed by atoms with van der Waals surface area (Å²) in [5, 5.41) is 5.44. The highest BCUT2D eigenvalue weighted by Gasteiger charge is 2.42. The van der Waals surface area contributed by atoms with E-state index >= 15 is 8.78 Å². The molecule has 3 aromatic carbocycles. The summed E-state index contributed by atoms with van der Waals surface area (Å²) in [7, 11) is 2.56. The molecule has 0 spiro atoms. The molecule has 5 fully saturated rings. The zero-order chi connectivity index (χ0) is 50.5. The summed E-state index contributed by atoms with van der Waals surface area (Å²) in [4.78, 5) is 77.1. The van der Waals surface area contributed by atoms with E-state index in [0.717, 1.165) is 60.7 Å². The maximum Gasteiger partial charge on any atom is 0.407 e. The number of carbonyl (C=O) groups excluding carboxylic acids is 4. The predicted octanol–water partition coefficient (Wildman–Crippen LogP) is 9.51. The van der Waals surface area contributed by atoms with Gasteiger partial charge >= 0.3 is 12.2 Å². The van der Waals surface area contributed by atoms with Crippen molar-refractivity contribution in [1.82, 2.24) is 40.4 Å². The first-order valence-electron chi connectivity index (χ1n) is 26.0. The second-order valence-electron chi connectivity index (χ2n) is 21.4. The van der Waals surface area contributed by atoms with Gasteiger partial charge in [-0.05, 0) is 123 Å². The number of ether oxygens (including phenoxy) is 2. The van der Waals surface area contributed by atoms with Crippen LogP contribution in [-0.2, 0) is 19.1 Å². The molecular formula is C54H68F2N10O6. The Hall–Kier alpha value is -6.46. The van der Waals surface area contributed by atoms with Crippen LogP contribution in [0.2, 0.25) is 0 Å². The third kappa shape index (κ3) is 9.29. The molecule has 0 unspecified atom stereocenters. The molecule has 4 amide bonds. The first kappa shape index (κ1) is 49.1. The fraction of sp³-hybridized carbons (Fsp3) is 0.556. The molecule has 8 atom stereocenters. The van der Waals surface area contributed by atoms with Crippen LogP contribution in [0.1, 0.15) is 139 Å². The van der Waals surface area contributed by atoms with Gasteiger partial charge < -0.3 is 49.7 Å². The minimum absolute atomic E-state index is 0.0526. The van der Waals surface area contributed by atoms with E-state index in [4.69, 9.17) is 19.4 Å². The average Bonchev–Trinajstić information content (AvgIpc) is 4.23. The second-order valence-corrected chi connectivity index (χ2v) is 21.4. The summed E-state index contributed by atoms with van der Waals surface area (Å²) in [5.41, 5.74) is 5.41. The third-order valence-electron chi connectivity index (χ3n) is 16.3. The number of carbonyl (C=O) groups is 4. The number of rotatable bonds is 12. The van der Waals surface area contributed by atoms with Gasteiger partial charge in [-0.15, -0.1) is 0 Å². The van der Waals surface area contributed by atoms with Crippen LogP contribution in [0.3, 0.4) is 0 Å². The van der Waals surface area contributed by atoms with Crippen molar-refractivity contribution in [2.24, 2.45) is 23.7 Å². The van der Waals surface area contributed by atoms with E-state index in [0.29, 0.717) is 92.1 Å². The number of benzene rings is 3. The standard InChI is InChI=1S/C54H68F2N10O6/c1-29(2)46(61-53(69)71-5)51(67)64-21-9-13-44(64)49-57-38-17-15-31(23-40(38)59-49)42-19-20-43(66(42)35-25-36(55)48(37(56)26-35)63-27-33-11-7-8-12-34(33)28-63)32-16-18-39-41(24-32)60-50(58-39)45-14-10-22-65(45)52(68)47(30(3)4)62-54(70)72-6/h15-18,23-26,29-30,33-34,42-47H,7-14,19-22,27-28H2,1-6H3,(H,57,59)(H,58,60)(H,61,69)(H,62,70)/t33-,34+,42-,43-,44+,45+,46+,47+/m1/s1. The van der Waals surface area contributed by atoms with Crippen molar-refractivity contribution in [3.8, 4) is 0 Å². The smallest absolute Gasteiger partial charge is 0.407 e. The van der Waals surface area contributed by atoms with Crippen LogP contribution < -0.4 is 20.4 Å². The lowest BCUT2D eigenvalue weighted by Crippen LogP contribution is -2.51. The van der Waals surface area contributed by atoms with Crippen LogP contribution in [0, 0.1) is 35.3 Å². The van der Waals surface area contributed by atoms with Crippen molar-refractivity contribution in [1.29, 1.82) is 0 Å². The summed E-state index contributed by atoms with van der Waals surface area (Å²) in [6.07, 6.45) is 7.53. The molecule has 0 bridgehead atoms. The Labute approximate surface area is 418 Å². The Balaban J connectivity index is 0.971. The molecule has 0 radical (unpaired) electrons. The van der Waals surface area contributed by atoms with E-state index in [-0.39, 0.29) is 53.5 Å². The number of fused-ring (bicyclic) bond motifs is 3. The van der Waals surface area contributed by atoms with Gasteiger partial charge in [-0.2, -0.15) is 0 Å². The molecule has 18 heteroatoms. The van der Waals surface area contributed by atoms with Crippen molar-refractivity contribution in [3.63, 3.8) is 0 Å². The van der Waals surface area contributed by atoms with Gasteiger partial charge in [0.25, 0.3) is 0 Å². The maximum atomic E-state index is 16.8. The lowest BCUT2D eigenvalue weighted by Gasteiger charge is -2.34. The highest BCUT2D eigenvalue weighted by molar-refractivity contribution is 5.88. The molecule has 384 valence electrons. The van der Waals surface area contributed by atoms with Crippen molar-refractivity contribution in [2.75, 3.05) is 50.2 Å². The fourth-order valence-corrected chi connectivity index (χ4v) is 12.6. The van der Waals surface area contributed by atoms with Gasteiger partial charge in [0, 0.05) is 31.9 Å². The lowest BCUT2D eigenvalue weighted by molar-refractivity contribution is -0.136. The summed E-state index contributed by atoms with van der Waals surface area (Å²) in [6.45, 7) is 9.93. The van der Waals surface area contributed by atoms with Crippen molar-refractivity contribution in [2.45, 2.75) is 128 Å². The minimum atomic E-state index is -0.761. The van der Waals surface area contributed by atoms with E-state index in [1.807, 2.05) is 69.0 Å². The van der Waals surface area contributed by atoms with E-state index in [1.54, 1.807) is 9.80 Å². The van der Waals surface area contributed by atoms with Gasteiger partial charge in [0.15, 0.2) is 11.6 Å². The molecule has 2 aromatic heterocycles. The predicted molar refractivity (Wildman–Crippen MR) is 269 cm³/mol. The number of H-pyrrole nitrogens is 2. The van der Waals surface area contributed by atoms with Gasteiger partial charge in [0.2, 0.25) is 11.8 Å². The number of aromatic amines is 2. The number of anilines is 2. The SMILES string of the molecule is COC(=O)N[C@H](C(=O)N1CCC[C@H]1c1nc2cc([C@H]3CC[C@H](c4ccc5[nH]c([C@@H]6CCCN6C(=O)[C@@H](NC(=O)OC)C(C)C)nc5c4)N3c3cc(F)c(N4C[C@H]5CCCC[C@H]5C4)c(F)c3)ccc2[nH]1)C(C)C. The summed E-state index contributed by atoms with van der Waals surface area (Å²) < 4.78 is 43.2. The van der Waals surface area contributed by atoms with Gasteiger partial charge in [-0.25, -0.2) is 28.3 Å². The van der Waals surface area contributed by atoms with Gasteiger partial charge in [-0.3, -0.25) is 9.59 Å². The van der Waals surface area contributed by atoms with E-state index in [2.05, 4.69) is 25.5 Å². The van der Waals surface area contributed by atoms with Crippen LogP contribution in [0.4, 0.5) is 29.7 Å². The largest absolute Gasteiger partial charge is 0.453 e. The third-order valence-corrected chi connectivity index (χ3v) is 16.3. The number of aromatic nitrogens is 4. The van der Waals surface area contributed by atoms with Crippen LogP contribution in [0.15, 0.2) is 48.5 Å². The molecule has 6 heterocycles. The van der Waals surface area contributed by atoms with Gasteiger partial charge in [0.05, 0.1) is 60.5 Å². The number of nitrogens with one attached hydrogen (secondary N) is 4. The van der Waals surface area contributed by atoms with E-state index < -0.39 is 35.9 Å². The number of halogens is 2. The van der Waals surface area contributed by atoms with E-state index in [1.165, 1.54) is 26.4 Å². The van der Waals surface area contributed by atoms with Gasteiger partial charge in [0.1, 0.15) is 29.4 Å². The molecule has 1 saturated carbocycles.